The van der Waals surface area contributed by atoms with E-state index in [1.807, 2.05) is 67.8 Å². The number of unbranched alkanes of at least 4 members (excludes halogenated alkanes) is 1. The van der Waals surface area contributed by atoms with Gasteiger partial charge in [0.25, 0.3) is 5.91 Å². The van der Waals surface area contributed by atoms with Crippen molar-refractivity contribution in [2.75, 3.05) is 18.5 Å². The number of ether oxygens (including phenoxy) is 2. The average molecular weight is 505 g/mol. The number of nitrogens with one attached hydrogen (secondary N) is 1. The highest BCUT2D eigenvalue weighted by Crippen LogP contribution is 2.37. The molecule has 0 aliphatic rings. The van der Waals surface area contributed by atoms with Gasteiger partial charge in [0.15, 0.2) is 0 Å². The van der Waals surface area contributed by atoms with Gasteiger partial charge in [-0.15, -0.1) is 11.3 Å². The van der Waals surface area contributed by atoms with Gasteiger partial charge in [0.05, 0.1) is 13.2 Å². The molecule has 0 saturated carbocycles. The second kappa shape index (κ2) is 11.4. The molecule has 4 aromatic rings. The Kier molecular flexibility index (Phi) is 8.10. The summed E-state index contributed by atoms with van der Waals surface area (Å²) in [7, 11) is 0. The van der Waals surface area contributed by atoms with Crippen molar-refractivity contribution in [2.45, 2.75) is 47.1 Å². The van der Waals surface area contributed by atoms with E-state index >= 15 is 0 Å². The zero-order valence-electron chi connectivity index (χ0n) is 21.2. The van der Waals surface area contributed by atoms with Gasteiger partial charge in [0.2, 0.25) is 0 Å². The standard InChI is InChI=1S/C29H32N2O4S/c1-5-8-17-31-24-12-10-9-11-22(24)19(4)26(31)27(32)30-28-25(29(33)35-7-3)23(18-36-28)20-13-15-21(16-14-20)34-6-2/h9-16,18H,5-8,17H2,1-4H3,(H,30,32). The summed E-state index contributed by atoms with van der Waals surface area (Å²) in [6.07, 6.45) is 1.99. The predicted octanol–water partition coefficient (Wildman–Crippen LogP) is 7.31. The van der Waals surface area contributed by atoms with Crippen molar-refractivity contribution in [3.8, 4) is 16.9 Å². The molecule has 2 aromatic heterocycles. The maximum absolute atomic E-state index is 13.7. The van der Waals surface area contributed by atoms with Gasteiger partial charge in [-0.2, -0.15) is 0 Å². The Morgan fingerprint density at radius 1 is 1.00 bits per heavy atom. The first-order valence-electron chi connectivity index (χ1n) is 12.4. The summed E-state index contributed by atoms with van der Waals surface area (Å²) < 4.78 is 13.0. The number of para-hydroxylation sites is 1. The number of aromatic nitrogens is 1. The highest BCUT2D eigenvalue weighted by atomic mass is 32.1. The Labute approximate surface area is 215 Å². The summed E-state index contributed by atoms with van der Waals surface area (Å²) in [5, 5.41) is 6.47. The quantitative estimate of drug-likeness (QED) is 0.230. The van der Waals surface area contributed by atoms with Crippen LogP contribution in [0.3, 0.4) is 0 Å². The number of aryl methyl sites for hydroxylation is 2. The van der Waals surface area contributed by atoms with Crippen LogP contribution in [0.1, 0.15) is 60.0 Å². The Morgan fingerprint density at radius 3 is 2.44 bits per heavy atom. The lowest BCUT2D eigenvalue weighted by Crippen LogP contribution is -2.19. The number of benzene rings is 2. The molecule has 0 bridgehead atoms. The molecule has 6 nitrogen and oxygen atoms in total. The van der Waals surface area contributed by atoms with Gasteiger partial charge in [-0.05, 0) is 56.5 Å². The van der Waals surface area contributed by atoms with Crippen LogP contribution in [0, 0.1) is 6.92 Å². The van der Waals surface area contributed by atoms with Crippen LogP contribution in [0.25, 0.3) is 22.0 Å². The van der Waals surface area contributed by atoms with Gasteiger partial charge in [-0.3, -0.25) is 4.79 Å². The van der Waals surface area contributed by atoms with Crippen LogP contribution in [0.15, 0.2) is 53.9 Å². The van der Waals surface area contributed by atoms with Crippen molar-refractivity contribution in [1.82, 2.24) is 4.57 Å². The van der Waals surface area contributed by atoms with Gasteiger partial charge in [0, 0.05) is 28.4 Å². The van der Waals surface area contributed by atoms with E-state index in [1.54, 1.807) is 6.92 Å². The number of nitrogens with zero attached hydrogens (tertiary/aromatic N) is 1. The molecule has 1 amide bonds. The van der Waals surface area contributed by atoms with Gasteiger partial charge in [-0.1, -0.05) is 43.7 Å². The number of carbonyl (C=O) groups is 2. The number of carbonyl (C=O) groups excluding carboxylic acids is 2. The molecule has 4 rings (SSSR count). The first kappa shape index (κ1) is 25.5. The Bertz CT molecular complexity index is 1370. The van der Waals surface area contributed by atoms with Crippen LogP contribution in [0.4, 0.5) is 5.00 Å². The lowest BCUT2D eigenvalue weighted by Gasteiger charge is -2.12. The van der Waals surface area contributed by atoms with E-state index in [9.17, 15) is 9.59 Å². The molecule has 1 N–H and O–H groups in total. The first-order chi connectivity index (χ1) is 17.5. The summed E-state index contributed by atoms with van der Waals surface area (Å²) in [4.78, 5) is 26.7. The third kappa shape index (κ3) is 5.02. The molecular weight excluding hydrogens is 472 g/mol. The fraction of sp³-hybridized carbons (Fsp3) is 0.310. The SMILES string of the molecule is CCCCn1c(C(=O)Nc2scc(-c3ccc(OCC)cc3)c2C(=O)OCC)c(C)c2ccccc21. The molecule has 188 valence electrons. The van der Waals surface area contributed by atoms with E-state index < -0.39 is 5.97 Å². The van der Waals surface area contributed by atoms with Crippen molar-refractivity contribution >= 4 is 39.1 Å². The third-order valence-corrected chi connectivity index (χ3v) is 7.04. The third-order valence-electron chi connectivity index (χ3n) is 6.15. The number of rotatable bonds is 10. The summed E-state index contributed by atoms with van der Waals surface area (Å²) in [6, 6.07) is 15.6. The van der Waals surface area contributed by atoms with Gasteiger partial charge in [-0.25, -0.2) is 4.79 Å². The van der Waals surface area contributed by atoms with Crippen LogP contribution in [-0.2, 0) is 11.3 Å². The summed E-state index contributed by atoms with van der Waals surface area (Å²) in [5.74, 6) is 0.0738. The van der Waals surface area contributed by atoms with Gasteiger partial charge >= 0.3 is 5.97 Å². The largest absolute Gasteiger partial charge is 0.494 e. The number of esters is 1. The molecule has 0 saturated heterocycles. The number of amides is 1. The molecule has 0 atom stereocenters. The zero-order valence-corrected chi connectivity index (χ0v) is 22.0. The Hall–Kier alpha value is -3.58. The monoisotopic (exact) mass is 504 g/mol. The minimum atomic E-state index is -0.457. The minimum absolute atomic E-state index is 0.231. The summed E-state index contributed by atoms with van der Waals surface area (Å²) in [5.41, 5.74) is 4.54. The first-order valence-corrected chi connectivity index (χ1v) is 13.3. The molecule has 2 aromatic carbocycles. The van der Waals surface area contributed by atoms with Crippen LogP contribution in [0.2, 0.25) is 0 Å². The van der Waals surface area contributed by atoms with Crippen LogP contribution in [0.5, 0.6) is 5.75 Å². The topological polar surface area (TPSA) is 69.6 Å². The van der Waals surface area contributed by atoms with Crippen molar-refractivity contribution in [2.24, 2.45) is 0 Å². The number of hydrogen-bond donors (Lipinski definition) is 1. The second-order valence-electron chi connectivity index (χ2n) is 8.48. The maximum atomic E-state index is 13.7. The lowest BCUT2D eigenvalue weighted by molar-refractivity contribution is 0.0529. The smallest absolute Gasteiger partial charge is 0.341 e. The van der Waals surface area contributed by atoms with E-state index in [-0.39, 0.29) is 12.5 Å². The van der Waals surface area contributed by atoms with Crippen molar-refractivity contribution in [3.05, 3.63) is 70.7 Å². The number of fused-ring (bicyclic) bond motifs is 1. The highest BCUT2D eigenvalue weighted by molar-refractivity contribution is 7.15. The number of hydrogen-bond acceptors (Lipinski definition) is 5. The molecule has 0 spiro atoms. The molecular formula is C29H32N2O4S. The normalized spacial score (nSPS) is 11.0. The lowest BCUT2D eigenvalue weighted by atomic mass is 10.0. The zero-order chi connectivity index (χ0) is 25.7. The highest BCUT2D eigenvalue weighted by Gasteiger charge is 2.26. The molecule has 7 heteroatoms. The van der Waals surface area contributed by atoms with Crippen LogP contribution in [-0.4, -0.2) is 29.7 Å². The molecule has 0 fully saturated rings. The van der Waals surface area contributed by atoms with Crippen molar-refractivity contribution < 1.29 is 19.1 Å². The van der Waals surface area contributed by atoms with Crippen molar-refractivity contribution in [3.63, 3.8) is 0 Å². The van der Waals surface area contributed by atoms with Gasteiger partial charge < -0.3 is 19.4 Å². The van der Waals surface area contributed by atoms with Crippen LogP contribution >= 0.6 is 11.3 Å². The fourth-order valence-corrected chi connectivity index (χ4v) is 5.40. The second-order valence-corrected chi connectivity index (χ2v) is 9.36. The summed E-state index contributed by atoms with van der Waals surface area (Å²) in [6.45, 7) is 9.40. The van der Waals surface area contributed by atoms with E-state index in [4.69, 9.17) is 9.47 Å². The van der Waals surface area contributed by atoms with Crippen LogP contribution < -0.4 is 10.1 Å². The van der Waals surface area contributed by atoms with E-state index in [0.29, 0.717) is 22.9 Å². The molecule has 36 heavy (non-hydrogen) atoms. The van der Waals surface area contributed by atoms with E-state index in [2.05, 4.69) is 16.8 Å². The molecule has 0 aliphatic carbocycles. The molecule has 0 unspecified atom stereocenters. The maximum Gasteiger partial charge on any atom is 0.341 e. The van der Waals surface area contributed by atoms with E-state index in [1.165, 1.54) is 11.3 Å². The predicted molar refractivity (Wildman–Crippen MR) is 146 cm³/mol. The molecule has 0 aliphatic heterocycles. The number of anilines is 1. The fourth-order valence-electron chi connectivity index (χ4n) is 4.45. The molecule has 2 heterocycles. The van der Waals surface area contributed by atoms with Gasteiger partial charge in [0.1, 0.15) is 22.0 Å². The number of thiophene rings is 1. The Balaban J connectivity index is 1.74. The Morgan fingerprint density at radius 2 is 1.75 bits per heavy atom. The average Bonchev–Trinajstić information content (AvgIpc) is 3.42. The van der Waals surface area contributed by atoms with Crippen molar-refractivity contribution in [1.29, 1.82) is 0 Å². The van der Waals surface area contributed by atoms with E-state index in [0.717, 1.165) is 52.7 Å². The molecule has 0 radical (unpaired) electrons. The minimum Gasteiger partial charge on any atom is -0.494 e. The summed E-state index contributed by atoms with van der Waals surface area (Å²) >= 11 is 1.33.